The first-order chi connectivity index (χ1) is 12.8. The Morgan fingerprint density at radius 3 is 2.63 bits per heavy atom. The maximum atomic E-state index is 11.6. The molecule has 0 radical (unpaired) electrons. The molecule has 4 saturated carbocycles. The normalized spacial score (nSPS) is 51.3. The Hall–Kier alpha value is -1.26. The zero-order valence-corrected chi connectivity index (χ0v) is 16.8. The van der Waals surface area contributed by atoms with E-state index in [0.717, 1.165) is 38.5 Å². The van der Waals surface area contributed by atoms with Crippen molar-refractivity contribution in [2.45, 2.75) is 90.4 Å². The van der Waals surface area contributed by atoms with Crippen molar-refractivity contribution in [1.29, 1.82) is 0 Å². The van der Waals surface area contributed by atoms with Gasteiger partial charge in [-0.25, -0.2) is 0 Å². The summed E-state index contributed by atoms with van der Waals surface area (Å²) in [5.74, 6) is 2.00. The smallest absolute Gasteiger partial charge is 0.302 e. The van der Waals surface area contributed by atoms with Gasteiger partial charge in [-0.05, 0) is 86.0 Å². The number of hydrogen-bond donors (Lipinski definition) is 1. The minimum absolute atomic E-state index is 0.0186. The van der Waals surface area contributed by atoms with Crippen LogP contribution in [-0.2, 0) is 9.53 Å². The number of carbonyl (C=O) groups excluding carboxylic acids is 1. The molecule has 0 bridgehead atoms. The van der Waals surface area contributed by atoms with E-state index in [9.17, 15) is 9.90 Å². The van der Waals surface area contributed by atoms with Crippen LogP contribution >= 0.6 is 0 Å². The molecule has 6 heteroatoms. The van der Waals surface area contributed by atoms with Gasteiger partial charge in [0, 0.05) is 23.3 Å². The number of hydrogen-bond acceptors (Lipinski definition) is 4. The van der Waals surface area contributed by atoms with E-state index in [0.29, 0.717) is 30.1 Å². The fourth-order valence-corrected chi connectivity index (χ4v) is 7.88. The maximum absolute atomic E-state index is 11.6. The molecule has 6 nitrogen and oxygen atoms in total. The van der Waals surface area contributed by atoms with E-state index < -0.39 is 0 Å². The number of rotatable bonds is 2. The summed E-state index contributed by atoms with van der Waals surface area (Å²) < 4.78 is 5.73. The van der Waals surface area contributed by atoms with Gasteiger partial charge < -0.3 is 9.84 Å². The molecule has 0 heterocycles. The summed E-state index contributed by atoms with van der Waals surface area (Å²) in [5, 5.41) is 14.5. The van der Waals surface area contributed by atoms with Crippen LogP contribution in [0.2, 0.25) is 0 Å². The van der Waals surface area contributed by atoms with Crippen LogP contribution in [0.1, 0.15) is 72.1 Å². The number of esters is 1. The Bertz CT molecular complexity index is 663. The summed E-state index contributed by atoms with van der Waals surface area (Å²) in [6.07, 6.45) is 7.73. The molecule has 0 aromatic carbocycles. The molecule has 27 heavy (non-hydrogen) atoms. The second kappa shape index (κ2) is 6.66. The maximum Gasteiger partial charge on any atom is 0.302 e. The summed E-state index contributed by atoms with van der Waals surface area (Å²) in [6.45, 7) is 6.19. The van der Waals surface area contributed by atoms with Gasteiger partial charge in [0.05, 0.1) is 6.10 Å². The van der Waals surface area contributed by atoms with Crippen molar-refractivity contribution in [1.82, 2.24) is 0 Å². The van der Waals surface area contributed by atoms with E-state index in [4.69, 9.17) is 10.3 Å². The number of carbonyl (C=O) groups is 1. The molecule has 4 rings (SSSR count). The average Bonchev–Trinajstić information content (AvgIpc) is 2.92. The predicted molar refractivity (Wildman–Crippen MR) is 102 cm³/mol. The molecule has 9 atom stereocenters. The van der Waals surface area contributed by atoms with Gasteiger partial charge in [-0.2, -0.15) is 0 Å². The second-order valence-electron chi connectivity index (χ2n) is 10.1. The van der Waals surface area contributed by atoms with Crippen molar-refractivity contribution in [3.05, 3.63) is 10.4 Å². The van der Waals surface area contributed by atoms with Crippen LogP contribution in [0.5, 0.6) is 0 Å². The highest BCUT2D eigenvalue weighted by Crippen LogP contribution is 2.66. The SMILES string of the molecule is CC(=O)O[C@H]1CC[C@H]2[C@@H]3CC[C@H]4C[C@@H](O)C[C@H](N=[N+]=[N-])[C@]4(C)[C@H]3CC[C@]12C. The van der Waals surface area contributed by atoms with Crippen molar-refractivity contribution < 1.29 is 14.6 Å². The van der Waals surface area contributed by atoms with Crippen LogP contribution in [0, 0.1) is 34.5 Å². The molecule has 0 aromatic heterocycles. The summed E-state index contributed by atoms with van der Waals surface area (Å²) in [7, 11) is 0. The van der Waals surface area contributed by atoms with Crippen LogP contribution in [-0.4, -0.2) is 29.3 Å². The first-order valence-electron chi connectivity index (χ1n) is 10.7. The molecule has 4 fully saturated rings. The van der Waals surface area contributed by atoms with Crippen LogP contribution < -0.4 is 0 Å². The molecule has 4 aliphatic rings. The van der Waals surface area contributed by atoms with Crippen molar-refractivity contribution in [2.24, 2.45) is 39.6 Å². The quantitative estimate of drug-likeness (QED) is 0.330. The highest BCUT2D eigenvalue weighted by Gasteiger charge is 2.62. The second-order valence-corrected chi connectivity index (χ2v) is 10.1. The lowest BCUT2D eigenvalue weighted by molar-refractivity contribution is -0.165. The van der Waals surface area contributed by atoms with E-state index in [1.165, 1.54) is 13.3 Å². The van der Waals surface area contributed by atoms with Gasteiger partial charge >= 0.3 is 5.97 Å². The molecule has 0 aliphatic heterocycles. The van der Waals surface area contributed by atoms with Gasteiger partial charge in [0.2, 0.25) is 0 Å². The largest absolute Gasteiger partial charge is 0.462 e. The number of fused-ring (bicyclic) bond motifs is 5. The topological polar surface area (TPSA) is 95.3 Å². The molecule has 150 valence electrons. The Kier molecular flexibility index (Phi) is 4.71. The molecular weight excluding hydrogens is 342 g/mol. The molecule has 0 amide bonds. The monoisotopic (exact) mass is 375 g/mol. The molecule has 0 aromatic rings. The average molecular weight is 376 g/mol. The number of ether oxygens (including phenoxy) is 1. The molecule has 4 aliphatic carbocycles. The van der Waals surface area contributed by atoms with Crippen LogP contribution in [0.3, 0.4) is 0 Å². The number of aliphatic hydroxyl groups excluding tert-OH is 1. The standard InChI is InChI=1S/C21H33N3O3/c1-12(25)27-19-7-6-16-15-5-4-13-10-14(26)11-18(23-24-22)21(13,3)17(15)8-9-20(16,19)2/h13-19,26H,4-11H2,1-3H3/t13-,14+,15-,16-,17-,18-,19-,20-,21-/m0/s1. The van der Waals surface area contributed by atoms with Crippen molar-refractivity contribution in [3.63, 3.8) is 0 Å². The Balaban J connectivity index is 1.64. The highest BCUT2D eigenvalue weighted by atomic mass is 16.5. The van der Waals surface area contributed by atoms with E-state index in [1.807, 2.05) is 0 Å². The number of aliphatic hydroxyl groups is 1. The Morgan fingerprint density at radius 1 is 1.15 bits per heavy atom. The van der Waals surface area contributed by atoms with E-state index >= 15 is 0 Å². The van der Waals surface area contributed by atoms with Gasteiger partial charge in [0.1, 0.15) is 6.10 Å². The van der Waals surface area contributed by atoms with Crippen molar-refractivity contribution in [2.75, 3.05) is 0 Å². The van der Waals surface area contributed by atoms with Crippen LogP contribution in [0.4, 0.5) is 0 Å². The highest BCUT2D eigenvalue weighted by molar-refractivity contribution is 5.66. The number of azide groups is 1. The van der Waals surface area contributed by atoms with E-state index in [2.05, 4.69) is 23.9 Å². The lowest BCUT2D eigenvalue weighted by Gasteiger charge is -2.62. The van der Waals surface area contributed by atoms with Crippen molar-refractivity contribution >= 4 is 5.97 Å². The zero-order valence-electron chi connectivity index (χ0n) is 16.8. The minimum Gasteiger partial charge on any atom is -0.462 e. The summed E-state index contributed by atoms with van der Waals surface area (Å²) in [6, 6.07) is -0.112. The van der Waals surface area contributed by atoms with E-state index in [-0.39, 0.29) is 35.0 Å². The minimum atomic E-state index is -0.344. The van der Waals surface area contributed by atoms with Gasteiger partial charge in [0.25, 0.3) is 0 Å². The fraction of sp³-hybridized carbons (Fsp3) is 0.952. The lowest BCUT2D eigenvalue weighted by atomic mass is 9.44. The summed E-state index contributed by atoms with van der Waals surface area (Å²) in [4.78, 5) is 14.7. The van der Waals surface area contributed by atoms with E-state index in [1.54, 1.807) is 0 Å². The van der Waals surface area contributed by atoms with Gasteiger partial charge in [0.15, 0.2) is 0 Å². The molecule has 0 saturated heterocycles. The lowest BCUT2D eigenvalue weighted by Crippen LogP contribution is -2.59. The van der Waals surface area contributed by atoms with Crippen LogP contribution in [0.25, 0.3) is 10.4 Å². The summed E-state index contributed by atoms with van der Waals surface area (Å²) >= 11 is 0. The molecular formula is C21H33N3O3. The molecule has 0 spiro atoms. The predicted octanol–water partition coefficient (Wildman–Crippen LogP) is 4.61. The Morgan fingerprint density at radius 2 is 1.93 bits per heavy atom. The van der Waals surface area contributed by atoms with Gasteiger partial charge in [-0.15, -0.1) is 0 Å². The third-order valence-corrected chi connectivity index (χ3v) is 9.15. The van der Waals surface area contributed by atoms with Gasteiger partial charge in [-0.1, -0.05) is 19.0 Å². The molecule has 0 unspecified atom stereocenters. The van der Waals surface area contributed by atoms with Crippen LogP contribution in [0.15, 0.2) is 5.11 Å². The Labute approximate surface area is 161 Å². The first-order valence-corrected chi connectivity index (χ1v) is 10.7. The zero-order chi connectivity index (χ0) is 19.4. The fourth-order valence-electron chi connectivity index (χ4n) is 7.88. The third kappa shape index (κ3) is 2.79. The van der Waals surface area contributed by atoms with Gasteiger partial charge in [-0.3, -0.25) is 4.79 Å². The molecule has 1 N–H and O–H groups in total. The first kappa shape index (κ1) is 19.1. The third-order valence-electron chi connectivity index (χ3n) is 9.15. The van der Waals surface area contributed by atoms with Crippen molar-refractivity contribution in [3.8, 4) is 0 Å². The number of nitrogens with zero attached hydrogens (tertiary/aromatic N) is 3. The summed E-state index contributed by atoms with van der Waals surface area (Å²) in [5.41, 5.74) is 9.21.